The van der Waals surface area contributed by atoms with Crippen LogP contribution >= 0.6 is 0 Å². The molecule has 0 heterocycles. The molecule has 19 heavy (non-hydrogen) atoms. The number of anilines is 1. The van der Waals surface area contributed by atoms with Crippen molar-refractivity contribution in [2.45, 2.75) is 33.6 Å². The van der Waals surface area contributed by atoms with E-state index in [1.807, 2.05) is 26.0 Å². The third kappa shape index (κ3) is 3.14. The number of rotatable bonds is 3. The average Bonchev–Trinajstić information content (AvgIpc) is 2.37. The lowest BCUT2D eigenvalue weighted by Gasteiger charge is -2.10. The molecule has 0 aliphatic carbocycles. The monoisotopic (exact) mass is 255 g/mol. The van der Waals surface area contributed by atoms with E-state index in [1.165, 1.54) is 10.9 Å². The molecule has 0 fully saturated rings. The molecule has 1 N–H and O–H groups in total. The fourth-order valence-corrected chi connectivity index (χ4v) is 1.99. The predicted octanol–water partition coefficient (Wildman–Crippen LogP) is 4.56. The Morgan fingerprint density at radius 2 is 1.58 bits per heavy atom. The summed E-state index contributed by atoms with van der Waals surface area (Å²) < 4.78 is 0. The van der Waals surface area contributed by atoms with Crippen molar-refractivity contribution >= 4 is 22.4 Å². The third-order valence-corrected chi connectivity index (χ3v) is 3.32. The smallest absolute Gasteiger partial charge is 0.226 e. The molecule has 0 bridgehead atoms. The zero-order chi connectivity index (χ0) is 14.0. The highest BCUT2D eigenvalue weighted by molar-refractivity contribution is 5.95. The van der Waals surface area contributed by atoms with Crippen LogP contribution in [-0.4, -0.2) is 5.91 Å². The van der Waals surface area contributed by atoms with Crippen molar-refractivity contribution in [2.24, 2.45) is 5.92 Å². The van der Waals surface area contributed by atoms with E-state index in [9.17, 15) is 4.79 Å². The summed E-state index contributed by atoms with van der Waals surface area (Å²) in [5.74, 6) is 0.585. The maximum absolute atomic E-state index is 11.7. The van der Waals surface area contributed by atoms with E-state index in [0.29, 0.717) is 5.92 Å². The molecular formula is C17H21NO. The van der Waals surface area contributed by atoms with Crippen LogP contribution in [0.1, 0.15) is 39.2 Å². The topological polar surface area (TPSA) is 29.1 Å². The van der Waals surface area contributed by atoms with Crippen LogP contribution in [0.2, 0.25) is 0 Å². The Kier molecular flexibility index (Phi) is 3.89. The van der Waals surface area contributed by atoms with Crippen molar-refractivity contribution in [3.05, 3.63) is 42.0 Å². The van der Waals surface area contributed by atoms with E-state index in [-0.39, 0.29) is 11.8 Å². The fourth-order valence-electron chi connectivity index (χ4n) is 1.99. The summed E-state index contributed by atoms with van der Waals surface area (Å²) in [4.78, 5) is 11.7. The molecule has 0 saturated heterocycles. The summed E-state index contributed by atoms with van der Waals surface area (Å²) in [5.41, 5.74) is 2.20. The molecule has 0 atom stereocenters. The van der Waals surface area contributed by atoms with Crippen molar-refractivity contribution in [3.63, 3.8) is 0 Å². The molecule has 2 rings (SSSR count). The van der Waals surface area contributed by atoms with Crippen molar-refractivity contribution < 1.29 is 4.79 Å². The first-order valence-corrected chi connectivity index (χ1v) is 6.82. The molecule has 100 valence electrons. The van der Waals surface area contributed by atoms with Gasteiger partial charge in [-0.15, -0.1) is 0 Å². The maximum Gasteiger partial charge on any atom is 0.226 e. The quantitative estimate of drug-likeness (QED) is 0.856. The van der Waals surface area contributed by atoms with Gasteiger partial charge in [0.15, 0.2) is 0 Å². The van der Waals surface area contributed by atoms with Gasteiger partial charge in [-0.25, -0.2) is 0 Å². The molecule has 2 aromatic carbocycles. The first-order valence-electron chi connectivity index (χ1n) is 6.82. The molecule has 0 saturated carbocycles. The van der Waals surface area contributed by atoms with Gasteiger partial charge in [0.25, 0.3) is 0 Å². The maximum atomic E-state index is 11.7. The average molecular weight is 255 g/mol. The first kappa shape index (κ1) is 13.6. The minimum Gasteiger partial charge on any atom is -0.326 e. The van der Waals surface area contributed by atoms with E-state index >= 15 is 0 Å². The van der Waals surface area contributed by atoms with Gasteiger partial charge in [0.05, 0.1) is 0 Å². The van der Waals surface area contributed by atoms with Crippen molar-refractivity contribution in [3.8, 4) is 0 Å². The second kappa shape index (κ2) is 5.43. The number of amides is 1. The van der Waals surface area contributed by atoms with E-state index in [1.54, 1.807) is 0 Å². The van der Waals surface area contributed by atoms with Gasteiger partial charge in [0.1, 0.15) is 0 Å². The van der Waals surface area contributed by atoms with Crippen LogP contribution in [0.4, 0.5) is 5.69 Å². The largest absolute Gasteiger partial charge is 0.326 e. The van der Waals surface area contributed by atoms with Gasteiger partial charge in [-0.1, -0.05) is 52.0 Å². The first-order chi connectivity index (χ1) is 8.97. The molecule has 0 radical (unpaired) electrons. The molecule has 0 aliphatic heterocycles. The molecule has 1 amide bonds. The Morgan fingerprint density at radius 3 is 2.21 bits per heavy atom. The number of fused-ring (bicyclic) bond motifs is 1. The number of carbonyl (C=O) groups excluding carboxylic acids is 1. The van der Waals surface area contributed by atoms with Gasteiger partial charge in [-0.2, -0.15) is 0 Å². The van der Waals surface area contributed by atoms with Crippen LogP contribution in [0.25, 0.3) is 10.8 Å². The fraction of sp³-hybridized carbons (Fsp3) is 0.353. The summed E-state index contributed by atoms with van der Waals surface area (Å²) in [6.07, 6.45) is 0. The van der Waals surface area contributed by atoms with E-state index in [4.69, 9.17) is 0 Å². The highest BCUT2D eigenvalue weighted by atomic mass is 16.1. The second-order valence-corrected chi connectivity index (χ2v) is 5.62. The Balaban J connectivity index is 2.31. The van der Waals surface area contributed by atoms with Crippen molar-refractivity contribution in [1.29, 1.82) is 0 Å². The van der Waals surface area contributed by atoms with E-state index < -0.39 is 0 Å². The standard InChI is InChI=1S/C17H21NO/c1-11(2)13-5-6-15-10-16(8-7-14(15)9-13)18-17(19)12(3)4/h5-12H,1-4H3,(H,18,19). The van der Waals surface area contributed by atoms with Crippen LogP contribution < -0.4 is 5.32 Å². The Morgan fingerprint density at radius 1 is 0.947 bits per heavy atom. The Bertz CT molecular complexity index is 599. The number of benzene rings is 2. The lowest BCUT2D eigenvalue weighted by atomic mass is 9.99. The predicted molar refractivity (Wildman–Crippen MR) is 81.5 cm³/mol. The normalized spacial score (nSPS) is 11.3. The molecule has 0 aliphatic rings. The van der Waals surface area contributed by atoms with Crippen LogP contribution in [0.5, 0.6) is 0 Å². The molecule has 0 aromatic heterocycles. The van der Waals surface area contributed by atoms with Gasteiger partial charge in [0.2, 0.25) is 5.91 Å². The molecule has 2 aromatic rings. The van der Waals surface area contributed by atoms with Gasteiger partial charge >= 0.3 is 0 Å². The van der Waals surface area contributed by atoms with Gasteiger partial charge in [-0.3, -0.25) is 4.79 Å². The number of hydrogen-bond donors (Lipinski definition) is 1. The zero-order valence-corrected chi connectivity index (χ0v) is 12.0. The number of carbonyl (C=O) groups is 1. The van der Waals surface area contributed by atoms with Crippen LogP contribution in [-0.2, 0) is 4.79 Å². The third-order valence-electron chi connectivity index (χ3n) is 3.32. The van der Waals surface area contributed by atoms with Gasteiger partial charge in [0, 0.05) is 11.6 Å². The second-order valence-electron chi connectivity index (χ2n) is 5.62. The van der Waals surface area contributed by atoms with Gasteiger partial charge < -0.3 is 5.32 Å². The minimum atomic E-state index is -0.000913. The van der Waals surface area contributed by atoms with E-state index in [2.05, 4.69) is 43.4 Å². The molecule has 2 nitrogen and oxygen atoms in total. The van der Waals surface area contributed by atoms with Crippen molar-refractivity contribution in [1.82, 2.24) is 0 Å². The number of hydrogen-bond acceptors (Lipinski definition) is 1. The minimum absolute atomic E-state index is 0.000913. The van der Waals surface area contributed by atoms with Crippen LogP contribution in [0.15, 0.2) is 36.4 Å². The Labute approximate surface area is 114 Å². The molecule has 2 heteroatoms. The lowest BCUT2D eigenvalue weighted by molar-refractivity contribution is -0.118. The lowest BCUT2D eigenvalue weighted by Crippen LogP contribution is -2.17. The Hall–Kier alpha value is -1.83. The highest BCUT2D eigenvalue weighted by Crippen LogP contribution is 2.24. The van der Waals surface area contributed by atoms with Gasteiger partial charge in [-0.05, 0) is 34.4 Å². The van der Waals surface area contributed by atoms with Crippen LogP contribution in [0, 0.1) is 5.92 Å². The molecule has 0 unspecified atom stereocenters. The molecular weight excluding hydrogens is 234 g/mol. The summed E-state index contributed by atoms with van der Waals surface area (Å²) in [6, 6.07) is 12.5. The van der Waals surface area contributed by atoms with Crippen molar-refractivity contribution in [2.75, 3.05) is 5.32 Å². The summed E-state index contributed by atoms with van der Waals surface area (Å²) >= 11 is 0. The van der Waals surface area contributed by atoms with E-state index in [0.717, 1.165) is 11.1 Å². The SMILES string of the molecule is CC(C)C(=O)Nc1ccc2cc(C(C)C)ccc2c1. The summed E-state index contributed by atoms with van der Waals surface area (Å²) in [5, 5.41) is 5.31. The summed E-state index contributed by atoms with van der Waals surface area (Å²) in [6.45, 7) is 8.17. The van der Waals surface area contributed by atoms with Crippen LogP contribution in [0.3, 0.4) is 0 Å². The summed E-state index contributed by atoms with van der Waals surface area (Å²) in [7, 11) is 0. The highest BCUT2D eigenvalue weighted by Gasteiger charge is 2.07. The molecule has 0 spiro atoms. The number of nitrogens with one attached hydrogen (secondary N) is 1. The zero-order valence-electron chi connectivity index (χ0n) is 12.0.